The highest BCUT2D eigenvalue weighted by Crippen LogP contribution is 2.56. The van der Waals surface area contributed by atoms with Gasteiger partial charge in [0.05, 0.1) is 5.69 Å². The van der Waals surface area contributed by atoms with Gasteiger partial charge in [0.2, 0.25) is 0 Å². The van der Waals surface area contributed by atoms with Gasteiger partial charge in [0.1, 0.15) is 5.58 Å². The van der Waals surface area contributed by atoms with Gasteiger partial charge in [-0.3, -0.25) is 0 Å². The van der Waals surface area contributed by atoms with Gasteiger partial charge < -0.3 is 13.9 Å². The number of hydrogen-bond donors (Lipinski definition) is 0. The minimum Gasteiger partial charge on any atom is -0.453 e. The summed E-state index contributed by atoms with van der Waals surface area (Å²) in [5, 5.41) is 2.29. The van der Waals surface area contributed by atoms with Crippen molar-refractivity contribution in [1.29, 1.82) is 0 Å². The van der Waals surface area contributed by atoms with E-state index in [1.165, 1.54) is 72.6 Å². The topological polar surface area (TPSA) is 21.3 Å². The van der Waals surface area contributed by atoms with Crippen LogP contribution in [0.2, 0.25) is 0 Å². The molecule has 0 fully saturated rings. The highest BCUT2D eigenvalue weighted by atomic mass is 16.3. The quantitative estimate of drug-likeness (QED) is 0.166. The van der Waals surface area contributed by atoms with Crippen LogP contribution < -0.4 is 4.90 Å². The molecule has 4 aliphatic rings. The molecule has 3 heteroatoms. The van der Waals surface area contributed by atoms with Crippen molar-refractivity contribution < 1.29 is 4.42 Å². The van der Waals surface area contributed by atoms with Crippen LogP contribution in [0.3, 0.4) is 0 Å². The molecule has 10 aromatic rings. The van der Waals surface area contributed by atoms with E-state index in [4.69, 9.17) is 4.42 Å². The van der Waals surface area contributed by atoms with Gasteiger partial charge in [0.15, 0.2) is 5.58 Å². The third-order valence-electron chi connectivity index (χ3n) is 16.4. The molecule has 3 nitrogen and oxygen atoms in total. The minimum absolute atomic E-state index is 0.0377. The Bertz CT molecular complexity index is 3800. The Labute approximate surface area is 404 Å². The zero-order chi connectivity index (χ0) is 46.2. The number of para-hydroxylation sites is 2. The van der Waals surface area contributed by atoms with E-state index in [9.17, 15) is 0 Å². The van der Waals surface area contributed by atoms with Crippen LogP contribution in [0.25, 0.3) is 78.7 Å². The fourth-order valence-corrected chi connectivity index (χ4v) is 12.9. The molecule has 0 spiro atoms. The lowest BCUT2D eigenvalue weighted by Gasteiger charge is -2.32. The van der Waals surface area contributed by atoms with E-state index in [-0.39, 0.29) is 10.8 Å². The first-order chi connectivity index (χ1) is 33.7. The van der Waals surface area contributed by atoms with Crippen molar-refractivity contribution >= 4 is 56.7 Å². The summed E-state index contributed by atoms with van der Waals surface area (Å²) in [6.45, 7) is 9.60. The second kappa shape index (κ2) is 14.8. The molecule has 0 N–H and O–H groups in total. The Morgan fingerprint density at radius 2 is 1.13 bits per heavy atom. The SMILES string of the molecule is CC1(C)c2ccccc2-c2ccc(N(c3ccc(-c4ccccc4)cc3)c3ccc(-c4cccc5c4oc4c(-n6c7c(c8c6CC6C(=C8)c8ccccc8C6(C)C)C=CCC7)cccc45)cc3)cc21. The third-order valence-corrected chi connectivity index (χ3v) is 16.4. The van der Waals surface area contributed by atoms with Crippen LogP contribution in [0.5, 0.6) is 0 Å². The molecule has 8 aromatic carbocycles. The van der Waals surface area contributed by atoms with Gasteiger partial charge >= 0.3 is 0 Å². The van der Waals surface area contributed by atoms with Crippen molar-refractivity contribution in [2.75, 3.05) is 4.90 Å². The normalized spacial score (nSPS) is 16.6. The molecule has 0 saturated heterocycles. The molecule has 0 saturated carbocycles. The maximum Gasteiger partial charge on any atom is 0.159 e. The van der Waals surface area contributed by atoms with Crippen LogP contribution in [0.4, 0.5) is 17.1 Å². The van der Waals surface area contributed by atoms with Crippen molar-refractivity contribution in [1.82, 2.24) is 4.57 Å². The lowest BCUT2D eigenvalue weighted by molar-refractivity contribution is 0.405. The Balaban J connectivity index is 0.876. The van der Waals surface area contributed by atoms with E-state index >= 15 is 0 Å². The maximum atomic E-state index is 7.24. The highest BCUT2D eigenvalue weighted by Gasteiger charge is 2.46. The average molecular weight is 889 g/mol. The average Bonchev–Trinajstić information content (AvgIpc) is 4.07. The minimum atomic E-state index is -0.114. The van der Waals surface area contributed by atoms with Gasteiger partial charge in [-0.1, -0.05) is 179 Å². The molecule has 2 aromatic heterocycles. The van der Waals surface area contributed by atoms with Gasteiger partial charge in [0, 0.05) is 61.3 Å². The van der Waals surface area contributed by atoms with E-state index < -0.39 is 0 Å². The Kier molecular flexibility index (Phi) is 8.63. The molecule has 4 aliphatic carbocycles. The van der Waals surface area contributed by atoms with Crippen LogP contribution in [0.15, 0.2) is 192 Å². The smallest absolute Gasteiger partial charge is 0.159 e. The zero-order valence-corrected chi connectivity index (χ0v) is 39.6. The summed E-state index contributed by atoms with van der Waals surface area (Å²) in [6, 6.07) is 67.1. The molecule has 0 bridgehead atoms. The fraction of sp³-hybridized carbons (Fsp3) is 0.152. The summed E-state index contributed by atoms with van der Waals surface area (Å²) < 4.78 is 9.84. The molecule has 0 amide bonds. The summed E-state index contributed by atoms with van der Waals surface area (Å²) in [7, 11) is 0. The lowest BCUT2D eigenvalue weighted by Crippen LogP contribution is -2.28. The molecule has 14 rings (SSSR count). The largest absolute Gasteiger partial charge is 0.453 e. The summed E-state index contributed by atoms with van der Waals surface area (Å²) in [6.07, 6.45) is 10.3. The van der Waals surface area contributed by atoms with E-state index in [1.807, 2.05) is 0 Å². The van der Waals surface area contributed by atoms with Crippen LogP contribution >= 0.6 is 0 Å². The molecule has 1 atom stereocenters. The Morgan fingerprint density at radius 1 is 0.507 bits per heavy atom. The van der Waals surface area contributed by atoms with Gasteiger partial charge in [-0.05, 0) is 135 Å². The van der Waals surface area contributed by atoms with E-state index in [0.717, 1.165) is 75.1 Å². The molecule has 332 valence electrons. The van der Waals surface area contributed by atoms with Crippen LogP contribution in [-0.4, -0.2) is 4.57 Å². The highest BCUT2D eigenvalue weighted by molar-refractivity contribution is 6.12. The zero-order valence-electron chi connectivity index (χ0n) is 39.6. The predicted octanol–water partition coefficient (Wildman–Crippen LogP) is 17.5. The molecular formula is C66H52N2O. The van der Waals surface area contributed by atoms with Crippen molar-refractivity contribution in [3.63, 3.8) is 0 Å². The summed E-state index contributed by atoms with van der Waals surface area (Å²) >= 11 is 0. The van der Waals surface area contributed by atoms with Crippen LogP contribution in [-0.2, 0) is 23.7 Å². The number of nitrogens with zero attached hydrogens (tertiary/aromatic N) is 2. The first-order valence-corrected chi connectivity index (χ1v) is 24.7. The van der Waals surface area contributed by atoms with Crippen molar-refractivity contribution in [2.45, 2.75) is 57.8 Å². The summed E-state index contributed by atoms with van der Waals surface area (Å²) in [5.74, 6) is 0.405. The second-order valence-electron chi connectivity index (χ2n) is 20.8. The number of furan rings is 1. The van der Waals surface area contributed by atoms with Gasteiger partial charge in [-0.15, -0.1) is 0 Å². The lowest BCUT2D eigenvalue weighted by atomic mass is 9.73. The number of aromatic nitrogens is 1. The number of fused-ring (bicyclic) bond motifs is 12. The Morgan fingerprint density at radius 3 is 1.91 bits per heavy atom. The number of hydrogen-bond acceptors (Lipinski definition) is 2. The fourth-order valence-electron chi connectivity index (χ4n) is 12.9. The maximum absolute atomic E-state index is 7.24. The first-order valence-electron chi connectivity index (χ1n) is 24.7. The first kappa shape index (κ1) is 40.2. The van der Waals surface area contributed by atoms with Gasteiger partial charge in [-0.25, -0.2) is 0 Å². The molecule has 0 radical (unpaired) electrons. The molecule has 1 unspecified atom stereocenters. The molecule has 69 heavy (non-hydrogen) atoms. The predicted molar refractivity (Wildman–Crippen MR) is 288 cm³/mol. The number of allylic oxidation sites excluding steroid dienone is 2. The Hall–Kier alpha value is -7.88. The van der Waals surface area contributed by atoms with E-state index in [0.29, 0.717) is 5.92 Å². The summed E-state index contributed by atoms with van der Waals surface area (Å²) in [4.78, 5) is 2.41. The van der Waals surface area contributed by atoms with Crippen molar-refractivity contribution in [2.24, 2.45) is 5.92 Å². The van der Waals surface area contributed by atoms with Crippen molar-refractivity contribution in [3.8, 4) is 39.1 Å². The summed E-state index contributed by atoms with van der Waals surface area (Å²) in [5.41, 5.74) is 26.2. The van der Waals surface area contributed by atoms with Gasteiger partial charge in [0.25, 0.3) is 0 Å². The standard InChI is InChI=1S/C66H52N2O/c1-65(2)56-24-11-8-18-48(56)50-37-36-46(38-58(50)65)67(44-32-28-42(29-33-44)41-16-6-5-7-17-41)45-34-30-43(31-35-45)47-21-14-22-52-53-23-15-27-61(64(53)69-63(47)52)68-60-26-13-10-20-51(60)55-39-54-49-19-9-12-25-57(49)66(3,4)59(54)40-62(55)68/h5-12,14-25,27-39,59H,13,26,40H2,1-4H3. The second-order valence-corrected chi connectivity index (χ2v) is 20.8. The van der Waals surface area contributed by atoms with Gasteiger partial charge in [-0.2, -0.15) is 0 Å². The number of benzene rings is 8. The molecule has 0 aliphatic heterocycles. The van der Waals surface area contributed by atoms with E-state index in [2.05, 4.69) is 237 Å². The van der Waals surface area contributed by atoms with Crippen molar-refractivity contribution in [3.05, 3.63) is 233 Å². The third kappa shape index (κ3) is 5.86. The van der Waals surface area contributed by atoms with E-state index in [1.54, 1.807) is 0 Å². The number of rotatable bonds is 6. The molecular weight excluding hydrogens is 837 g/mol. The molecule has 2 heterocycles. The van der Waals surface area contributed by atoms with Crippen LogP contribution in [0, 0.1) is 5.92 Å². The van der Waals surface area contributed by atoms with Crippen LogP contribution in [0.1, 0.15) is 78.9 Å². The monoisotopic (exact) mass is 888 g/mol. The number of anilines is 3.